The minimum atomic E-state index is -4.79. The average molecular weight is 495 g/mol. The normalized spacial score (nSPS) is 12.9. The second-order valence-electron chi connectivity index (χ2n) is 5.82. The van der Waals surface area contributed by atoms with Gasteiger partial charge in [0.2, 0.25) is 0 Å². The van der Waals surface area contributed by atoms with Gasteiger partial charge in [-0.3, -0.25) is 0 Å². The lowest BCUT2D eigenvalue weighted by molar-refractivity contribution is -0.192. The first-order valence-electron chi connectivity index (χ1n) is 8.15. The van der Waals surface area contributed by atoms with Gasteiger partial charge in [0.25, 0.3) is 0 Å². The molecule has 0 aliphatic carbocycles. The standard InChI is InChI=1S/C16H14Cl3F4N3O4/c1-7(13(27)29-4-3-17)30-12-6-11(9(18)5-10(12)19)26-15(28)25(8(2)24-26)16(22,23)14(20)21/h5-7,14H,3-4H2,1-2H3. The number of benzene rings is 1. The molecule has 1 atom stereocenters. The van der Waals surface area contributed by atoms with Gasteiger partial charge in [0.15, 0.2) is 6.10 Å². The number of alkyl halides is 5. The van der Waals surface area contributed by atoms with Crippen LogP contribution in [0.15, 0.2) is 16.9 Å². The topological polar surface area (TPSA) is 75.4 Å². The highest BCUT2D eigenvalue weighted by atomic mass is 35.5. The summed E-state index contributed by atoms with van der Waals surface area (Å²) in [7, 11) is 0. The fourth-order valence-corrected chi connectivity index (χ4v) is 2.91. The molecule has 0 spiro atoms. The van der Waals surface area contributed by atoms with Crippen molar-refractivity contribution in [3.8, 4) is 11.4 Å². The molecule has 0 aliphatic rings. The first-order valence-corrected chi connectivity index (χ1v) is 9.44. The molecule has 7 nitrogen and oxygen atoms in total. The quantitative estimate of drug-likeness (QED) is 0.315. The van der Waals surface area contributed by atoms with Crippen LogP contribution in [0.2, 0.25) is 10.0 Å². The van der Waals surface area contributed by atoms with Crippen LogP contribution >= 0.6 is 34.8 Å². The summed E-state index contributed by atoms with van der Waals surface area (Å²) in [6.07, 6.45) is -5.30. The Morgan fingerprint density at radius 3 is 2.47 bits per heavy atom. The van der Waals surface area contributed by atoms with Gasteiger partial charge < -0.3 is 9.47 Å². The van der Waals surface area contributed by atoms with Crippen molar-refractivity contribution < 1.29 is 31.8 Å². The van der Waals surface area contributed by atoms with E-state index in [1.54, 1.807) is 0 Å². The molecule has 2 rings (SSSR count). The number of hydrogen-bond donors (Lipinski definition) is 0. The number of aryl methyl sites for hydroxylation is 1. The van der Waals surface area contributed by atoms with Crippen molar-refractivity contribution in [1.29, 1.82) is 0 Å². The Balaban J connectivity index is 2.49. The molecule has 0 N–H and O–H groups in total. The molecular weight excluding hydrogens is 481 g/mol. The van der Waals surface area contributed by atoms with E-state index < -0.39 is 40.6 Å². The highest BCUT2D eigenvalue weighted by Crippen LogP contribution is 2.34. The zero-order chi connectivity index (χ0) is 22.8. The maximum Gasteiger partial charge on any atom is 0.394 e. The van der Waals surface area contributed by atoms with Crippen LogP contribution in [0.1, 0.15) is 12.7 Å². The maximum absolute atomic E-state index is 13.8. The van der Waals surface area contributed by atoms with E-state index in [4.69, 9.17) is 44.3 Å². The molecule has 1 unspecified atom stereocenters. The molecule has 0 saturated heterocycles. The fourth-order valence-electron chi connectivity index (χ4n) is 2.33. The third-order valence-electron chi connectivity index (χ3n) is 3.69. The number of carbonyl (C=O) groups excluding carboxylic acids is 1. The van der Waals surface area contributed by atoms with Gasteiger partial charge >= 0.3 is 24.1 Å². The Hall–Kier alpha value is -1.98. The van der Waals surface area contributed by atoms with Crippen molar-refractivity contribution in [3.05, 3.63) is 38.5 Å². The Morgan fingerprint density at radius 2 is 1.90 bits per heavy atom. The zero-order valence-corrected chi connectivity index (χ0v) is 17.6. The van der Waals surface area contributed by atoms with Crippen LogP contribution in [-0.2, 0) is 15.6 Å². The number of halogens is 7. The minimum absolute atomic E-state index is 0.0574. The molecule has 0 saturated carbocycles. The average Bonchev–Trinajstić information content (AvgIpc) is 2.96. The Bertz CT molecular complexity index is 997. The van der Waals surface area contributed by atoms with Crippen molar-refractivity contribution in [1.82, 2.24) is 14.3 Å². The van der Waals surface area contributed by atoms with Gasteiger partial charge in [-0.25, -0.2) is 22.9 Å². The number of esters is 1. The van der Waals surface area contributed by atoms with Gasteiger partial charge in [0, 0.05) is 6.07 Å². The third kappa shape index (κ3) is 4.84. The van der Waals surface area contributed by atoms with E-state index in [1.807, 2.05) is 0 Å². The van der Waals surface area contributed by atoms with Crippen LogP contribution in [0.3, 0.4) is 0 Å². The molecule has 30 heavy (non-hydrogen) atoms. The summed E-state index contributed by atoms with van der Waals surface area (Å²) in [5.41, 5.74) is -1.85. The highest BCUT2D eigenvalue weighted by Gasteiger charge is 2.46. The molecule has 1 aromatic carbocycles. The Morgan fingerprint density at radius 1 is 1.27 bits per heavy atom. The van der Waals surface area contributed by atoms with E-state index in [0.29, 0.717) is 4.68 Å². The van der Waals surface area contributed by atoms with Crippen LogP contribution < -0.4 is 10.4 Å². The lowest BCUT2D eigenvalue weighted by atomic mass is 10.3. The summed E-state index contributed by atoms with van der Waals surface area (Å²) >= 11 is 17.5. The molecule has 2 aromatic rings. The monoisotopic (exact) mass is 493 g/mol. The summed E-state index contributed by atoms with van der Waals surface area (Å²) in [5, 5.41) is 3.29. The van der Waals surface area contributed by atoms with E-state index in [2.05, 4.69) is 5.10 Å². The molecule has 1 aromatic heterocycles. The molecule has 0 amide bonds. The lowest BCUT2D eigenvalue weighted by Crippen LogP contribution is -2.40. The van der Waals surface area contributed by atoms with E-state index in [1.165, 1.54) is 6.92 Å². The van der Waals surface area contributed by atoms with Crippen molar-refractivity contribution in [3.63, 3.8) is 0 Å². The van der Waals surface area contributed by atoms with Gasteiger partial charge in [-0.15, -0.1) is 16.7 Å². The molecule has 1 heterocycles. The first kappa shape index (κ1) is 24.3. The molecule has 0 radical (unpaired) electrons. The van der Waals surface area contributed by atoms with Gasteiger partial charge in [-0.05, 0) is 19.9 Å². The second kappa shape index (κ2) is 9.44. The minimum Gasteiger partial charge on any atom is -0.477 e. The number of aromatic nitrogens is 3. The van der Waals surface area contributed by atoms with Crippen LogP contribution in [0.5, 0.6) is 5.75 Å². The third-order valence-corrected chi connectivity index (χ3v) is 4.44. The van der Waals surface area contributed by atoms with Crippen LogP contribution in [0.4, 0.5) is 17.6 Å². The molecule has 0 fully saturated rings. The van der Waals surface area contributed by atoms with E-state index in [-0.39, 0.29) is 34.0 Å². The van der Waals surface area contributed by atoms with Crippen molar-refractivity contribution >= 4 is 40.8 Å². The van der Waals surface area contributed by atoms with E-state index in [0.717, 1.165) is 19.1 Å². The molecule has 14 heteroatoms. The molecular formula is C16H14Cl3F4N3O4. The number of hydrogen-bond acceptors (Lipinski definition) is 5. The summed E-state index contributed by atoms with van der Waals surface area (Å²) in [4.78, 5) is 24.2. The van der Waals surface area contributed by atoms with Crippen LogP contribution in [0, 0.1) is 6.92 Å². The van der Waals surface area contributed by atoms with Crippen molar-refractivity contribution in [2.24, 2.45) is 0 Å². The maximum atomic E-state index is 13.8. The summed E-state index contributed by atoms with van der Waals surface area (Å²) in [6, 6.07) is -2.64. The highest BCUT2D eigenvalue weighted by molar-refractivity contribution is 6.36. The first-order chi connectivity index (χ1) is 13.9. The van der Waals surface area contributed by atoms with Gasteiger partial charge in [0.05, 0.1) is 21.6 Å². The van der Waals surface area contributed by atoms with Crippen LogP contribution in [-0.4, -0.2) is 45.3 Å². The molecule has 166 valence electrons. The van der Waals surface area contributed by atoms with Gasteiger partial charge in [0.1, 0.15) is 18.2 Å². The predicted octanol–water partition coefficient (Wildman–Crippen LogP) is 4.01. The molecule has 0 aliphatic heterocycles. The van der Waals surface area contributed by atoms with Gasteiger partial charge in [-0.1, -0.05) is 23.2 Å². The van der Waals surface area contributed by atoms with Crippen LogP contribution in [0.25, 0.3) is 5.69 Å². The Kier molecular flexibility index (Phi) is 7.64. The smallest absolute Gasteiger partial charge is 0.394 e. The zero-order valence-electron chi connectivity index (χ0n) is 15.3. The SMILES string of the molecule is Cc1nn(-c2cc(OC(C)C(=O)OCCCl)c(Cl)cc2Cl)c(=O)n1C(F)(F)C(F)F. The number of ether oxygens (including phenoxy) is 2. The van der Waals surface area contributed by atoms with E-state index >= 15 is 0 Å². The van der Waals surface area contributed by atoms with Crippen molar-refractivity contribution in [2.75, 3.05) is 12.5 Å². The molecule has 0 bridgehead atoms. The second-order valence-corrected chi connectivity index (χ2v) is 7.01. The fraction of sp³-hybridized carbons (Fsp3) is 0.438. The van der Waals surface area contributed by atoms with E-state index in [9.17, 15) is 27.2 Å². The van der Waals surface area contributed by atoms with Crippen molar-refractivity contribution in [2.45, 2.75) is 32.4 Å². The van der Waals surface area contributed by atoms with Gasteiger partial charge in [-0.2, -0.15) is 13.5 Å². The summed E-state index contributed by atoms with van der Waals surface area (Å²) in [6.45, 7) is 2.23. The Labute approximate surface area is 182 Å². The largest absolute Gasteiger partial charge is 0.477 e. The number of nitrogens with zero attached hydrogens (tertiary/aromatic N) is 3. The summed E-state index contributed by atoms with van der Waals surface area (Å²) in [5.74, 6) is -1.54. The predicted molar refractivity (Wildman–Crippen MR) is 101 cm³/mol. The lowest BCUT2D eigenvalue weighted by Gasteiger charge is -2.16. The number of rotatable bonds is 8. The number of carbonyl (C=O) groups is 1. The summed E-state index contributed by atoms with van der Waals surface area (Å²) < 4.78 is 63.1.